The summed E-state index contributed by atoms with van der Waals surface area (Å²) in [6.45, 7) is 5.69. The van der Waals surface area contributed by atoms with Crippen LogP contribution in [0.5, 0.6) is 0 Å². The molecule has 0 fully saturated rings. The van der Waals surface area contributed by atoms with Crippen molar-refractivity contribution < 1.29 is 14.3 Å². The van der Waals surface area contributed by atoms with Crippen molar-refractivity contribution in [1.82, 2.24) is 0 Å². The van der Waals surface area contributed by atoms with E-state index in [-0.39, 0.29) is 24.0 Å². The van der Waals surface area contributed by atoms with E-state index in [1.807, 2.05) is 32.9 Å². The predicted octanol–water partition coefficient (Wildman–Crippen LogP) is 2.48. The highest BCUT2D eigenvalue weighted by atomic mass is 32.2. The summed E-state index contributed by atoms with van der Waals surface area (Å²) >= 11 is 1.49. The van der Waals surface area contributed by atoms with Gasteiger partial charge in [-0.2, -0.15) is 0 Å². The van der Waals surface area contributed by atoms with Crippen molar-refractivity contribution in [2.75, 3.05) is 23.0 Å². The molecule has 0 atom stereocenters. The van der Waals surface area contributed by atoms with Gasteiger partial charge in [0.25, 0.3) is 0 Å². The van der Waals surface area contributed by atoms with Crippen molar-refractivity contribution in [3.63, 3.8) is 0 Å². The van der Waals surface area contributed by atoms with E-state index in [1.54, 1.807) is 6.07 Å². The lowest BCUT2D eigenvalue weighted by atomic mass is 10.2. The monoisotopic (exact) mass is 294 g/mol. The lowest BCUT2D eigenvalue weighted by Crippen LogP contribution is -2.27. The Kier molecular flexibility index (Phi) is 4.35. The minimum absolute atomic E-state index is 0.00168. The topological polar surface area (TPSA) is 67.4 Å². The molecule has 1 aliphatic rings. The van der Waals surface area contributed by atoms with Gasteiger partial charge in [0, 0.05) is 10.6 Å². The smallest absolute Gasteiger partial charge is 0.250 e. The summed E-state index contributed by atoms with van der Waals surface area (Å²) in [5.41, 5.74) is 1.03. The van der Waals surface area contributed by atoms with Crippen LogP contribution in [0.25, 0.3) is 0 Å². The van der Waals surface area contributed by atoms with Gasteiger partial charge in [0.2, 0.25) is 11.8 Å². The fourth-order valence-electron chi connectivity index (χ4n) is 1.64. The van der Waals surface area contributed by atoms with E-state index in [4.69, 9.17) is 4.74 Å². The molecule has 20 heavy (non-hydrogen) atoms. The molecule has 2 amide bonds. The molecule has 1 aromatic rings. The molecule has 108 valence electrons. The molecule has 0 aromatic heterocycles. The summed E-state index contributed by atoms with van der Waals surface area (Å²) in [5, 5.41) is 5.54. The third-order valence-electron chi connectivity index (χ3n) is 2.53. The molecular weight excluding hydrogens is 276 g/mol. The van der Waals surface area contributed by atoms with E-state index in [0.29, 0.717) is 11.4 Å². The number of amides is 2. The van der Waals surface area contributed by atoms with Gasteiger partial charge in [0.1, 0.15) is 6.61 Å². The zero-order valence-electron chi connectivity index (χ0n) is 11.8. The molecule has 1 aliphatic heterocycles. The Hall–Kier alpha value is -1.53. The van der Waals surface area contributed by atoms with E-state index in [0.717, 1.165) is 10.6 Å². The Bertz CT molecular complexity index is 538. The molecular formula is C14H18N2O3S. The molecule has 1 aromatic carbocycles. The first kappa shape index (κ1) is 14.9. The van der Waals surface area contributed by atoms with Crippen LogP contribution in [0.3, 0.4) is 0 Å². The van der Waals surface area contributed by atoms with Crippen LogP contribution in [0, 0.1) is 0 Å². The van der Waals surface area contributed by atoms with Crippen molar-refractivity contribution in [3.05, 3.63) is 18.2 Å². The van der Waals surface area contributed by atoms with Gasteiger partial charge in [-0.1, -0.05) is 0 Å². The number of rotatable bonds is 3. The molecule has 0 bridgehead atoms. The SMILES string of the molecule is CC(C)(C)OCC(=O)Nc1ccc2c(c1)NC(=O)CS2. The summed E-state index contributed by atoms with van der Waals surface area (Å²) in [4.78, 5) is 24.1. The van der Waals surface area contributed by atoms with Crippen molar-refractivity contribution in [2.45, 2.75) is 31.3 Å². The maximum Gasteiger partial charge on any atom is 0.250 e. The van der Waals surface area contributed by atoms with Crippen molar-refractivity contribution in [3.8, 4) is 0 Å². The quantitative estimate of drug-likeness (QED) is 0.898. The fraction of sp³-hybridized carbons (Fsp3) is 0.429. The second-order valence-corrected chi connectivity index (χ2v) is 6.51. The van der Waals surface area contributed by atoms with Crippen LogP contribution in [0.2, 0.25) is 0 Å². The Morgan fingerprint density at radius 3 is 2.90 bits per heavy atom. The first-order valence-corrected chi connectivity index (χ1v) is 7.32. The largest absolute Gasteiger partial charge is 0.366 e. The van der Waals surface area contributed by atoms with Crippen LogP contribution >= 0.6 is 11.8 Å². The standard InChI is InChI=1S/C14H18N2O3S/c1-14(2,3)19-7-12(17)15-9-4-5-11-10(6-9)16-13(18)8-20-11/h4-6H,7-8H2,1-3H3,(H,15,17)(H,16,18). The van der Waals surface area contributed by atoms with Gasteiger partial charge in [-0.05, 0) is 39.0 Å². The normalized spacial score (nSPS) is 14.4. The number of fused-ring (bicyclic) bond motifs is 1. The van der Waals surface area contributed by atoms with Gasteiger partial charge < -0.3 is 15.4 Å². The summed E-state index contributed by atoms with van der Waals surface area (Å²) in [7, 11) is 0. The van der Waals surface area contributed by atoms with Gasteiger partial charge in [0.15, 0.2) is 0 Å². The van der Waals surface area contributed by atoms with E-state index < -0.39 is 0 Å². The molecule has 0 saturated carbocycles. The summed E-state index contributed by atoms with van der Waals surface area (Å²) < 4.78 is 5.41. The van der Waals surface area contributed by atoms with E-state index in [2.05, 4.69) is 10.6 Å². The number of ether oxygens (including phenoxy) is 1. The molecule has 0 radical (unpaired) electrons. The summed E-state index contributed by atoms with van der Waals surface area (Å²) in [5.74, 6) is 0.190. The molecule has 0 aliphatic carbocycles. The van der Waals surface area contributed by atoms with Gasteiger partial charge >= 0.3 is 0 Å². The zero-order chi connectivity index (χ0) is 14.8. The third-order valence-corrected chi connectivity index (χ3v) is 3.61. The Morgan fingerprint density at radius 1 is 1.45 bits per heavy atom. The van der Waals surface area contributed by atoms with Crippen molar-refractivity contribution >= 4 is 35.0 Å². The van der Waals surface area contributed by atoms with Gasteiger partial charge in [-0.15, -0.1) is 11.8 Å². The van der Waals surface area contributed by atoms with E-state index >= 15 is 0 Å². The number of anilines is 2. The van der Waals surface area contributed by atoms with Crippen LogP contribution in [0.4, 0.5) is 11.4 Å². The number of benzene rings is 1. The Morgan fingerprint density at radius 2 is 2.20 bits per heavy atom. The number of carbonyl (C=O) groups is 2. The number of hydrogen-bond donors (Lipinski definition) is 2. The van der Waals surface area contributed by atoms with Gasteiger partial charge in [-0.3, -0.25) is 9.59 Å². The average Bonchev–Trinajstić information content (AvgIpc) is 2.35. The predicted molar refractivity (Wildman–Crippen MR) is 80.1 cm³/mol. The number of nitrogens with one attached hydrogen (secondary N) is 2. The van der Waals surface area contributed by atoms with Crippen molar-refractivity contribution in [2.24, 2.45) is 0 Å². The Balaban J connectivity index is 1.98. The first-order chi connectivity index (χ1) is 9.33. The fourth-order valence-corrected chi connectivity index (χ4v) is 2.43. The van der Waals surface area contributed by atoms with Crippen LogP contribution in [0.15, 0.2) is 23.1 Å². The summed E-state index contributed by atoms with van der Waals surface area (Å²) in [6, 6.07) is 5.46. The third kappa shape index (κ3) is 4.25. The molecule has 0 saturated heterocycles. The summed E-state index contributed by atoms with van der Waals surface area (Å²) in [6.07, 6.45) is 0. The van der Waals surface area contributed by atoms with E-state index in [1.165, 1.54) is 11.8 Å². The zero-order valence-corrected chi connectivity index (χ0v) is 12.6. The maximum absolute atomic E-state index is 11.8. The first-order valence-electron chi connectivity index (χ1n) is 6.34. The molecule has 1 heterocycles. The highest BCUT2D eigenvalue weighted by Crippen LogP contribution is 2.33. The number of carbonyl (C=O) groups excluding carboxylic acids is 2. The Labute approximate surface area is 122 Å². The van der Waals surface area contributed by atoms with Crippen LogP contribution < -0.4 is 10.6 Å². The van der Waals surface area contributed by atoms with Crippen LogP contribution in [-0.4, -0.2) is 29.8 Å². The highest BCUT2D eigenvalue weighted by Gasteiger charge is 2.17. The maximum atomic E-state index is 11.8. The molecule has 0 unspecified atom stereocenters. The molecule has 5 nitrogen and oxygen atoms in total. The number of hydrogen-bond acceptors (Lipinski definition) is 4. The van der Waals surface area contributed by atoms with Crippen LogP contribution in [-0.2, 0) is 14.3 Å². The van der Waals surface area contributed by atoms with Crippen LogP contribution in [0.1, 0.15) is 20.8 Å². The number of thioether (sulfide) groups is 1. The van der Waals surface area contributed by atoms with Gasteiger partial charge in [0.05, 0.1) is 17.0 Å². The lowest BCUT2D eigenvalue weighted by molar-refractivity contribution is -0.125. The minimum atomic E-state index is -0.349. The minimum Gasteiger partial charge on any atom is -0.366 e. The molecule has 0 spiro atoms. The molecule has 2 N–H and O–H groups in total. The molecule has 2 rings (SSSR count). The molecule has 6 heteroatoms. The lowest BCUT2D eigenvalue weighted by Gasteiger charge is -2.20. The highest BCUT2D eigenvalue weighted by molar-refractivity contribution is 8.00. The van der Waals surface area contributed by atoms with Gasteiger partial charge in [-0.25, -0.2) is 0 Å². The second kappa shape index (κ2) is 5.85. The van der Waals surface area contributed by atoms with E-state index in [9.17, 15) is 9.59 Å². The second-order valence-electron chi connectivity index (χ2n) is 5.50. The van der Waals surface area contributed by atoms with Crippen molar-refractivity contribution in [1.29, 1.82) is 0 Å². The average molecular weight is 294 g/mol.